The van der Waals surface area contributed by atoms with Gasteiger partial charge in [-0.25, -0.2) is 9.67 Å². The van der Waals surface area contributed by atoms with Crippen LogP contribution in [0, 0.1) is 0 Å². The van der Waals surface area contributed by atoms with Crippen LogP contribution in [0.2, 0.25) is 0 Å². The SMILES string of the molecule is CC(C)n1ncnc1CC1(O)CCNC1. The van der Waals surface area contributed by atoms with Crippen molar-refractivity contribution < 1.29 is 5.11 Å². The zero-order valence-electron chi connectivity index (χ0n) is 9.27. The molecular formula is C10H18N4O. The molecule has 84 valence electrons. The Kier molecular flexibility index (Phi) is 2.75. The molecular weight excluding hydrogens is 192 g/mol. The van der Waals surface area contributed by atoms with Crippen molar-refractivity contribution in [3.05, 3.63) is 12.2 Å². The summed E-state index contributed by atoms with van der Waals surface area (Å²) < 4.78 is 1.87. The number of hydrogen-bond acceptors (Lipinski definition) is 4. The fraction of sp³-hybridized carbons (Fsp3) is 0.800. The molecule has 1 aliphatic rings. The summed E-state index contributed by atoms with van der Waals surface area (Å²) in [5.74, 6) is 0.871. The number of aromatic nitrogens is 3. The second-order valence-corrected chi connectivity index (χ2v) is 4.54. The van der Waals surface area contributed by atoms with Crippen molar-refractivity contribution in [2.75, 3.05) is 13.1 Å². The van der Waals surface area contributed by atoms with Gasteiger partial charge >= 0.3 is 0 Å². The summed E-state index contributed by atoms with van der Waals surface area (Å²) in [5.41, 5.74) is -0.639. The molecule has 15 heavy (non-hydrogen) atoms. The van der Waals surface area contributed by atoms with E-state index in [1.165, 1.54) is 0 Å². The van der Waals surface area contributed by atoms with Gasteiger partial charge in [0.15, 0.2) is 0 Å². The highest BCUT2D eigenvalue weighted by molar-refractivity contribution is 4.99. The molecule has 0 aromatic carbocycles. The Morgan fingerprint density at radius 1 is 1.67 bits per heavy atom. The van der Waals surface area contributed by atoms with Gasteiger partial charge in [-0.1, -0.05) is 0 Å². The van der Waals surface area contributed by atoms with Crippen LogP contribution in [0.25, 0.3) is 0 Å². The molecule has 0 aliphatic carbocycles. The molecule has 1 aliphatic heterocycles. The summed E-state index contributed by atoms with van der Waals surface area (Å²) >= 11 is 0. The quantitative estimate of drug-likeness (QED) is 0.744. The van der Waals surface area contributed by atoms with E-state index in [0.29, 0.717) is 19.0 Å². The van der Waals surface area contributed by atoms with Crippen LogP contribution in [-0.4, -0.2) is 38.6 Å². The molecule has 0 saturated carbocycles. The Morgan fingerprint density at radius 2 is 2.47 bits per heavy atom. The van der Waals surface area contributed by atoms with Crippen LogP contribution in [0.4, 0.5) is 0 Å². The first kappa shape index (κ1) is 10.6. The van der Waals surface area contributed by atoms with E-state index >= 15 is 0 Å². The molecule has 5 heteroatoms. The molecule has 1 atom stereocenters. The predicted molar refractivity (Wildman–Crippen MR) is 56.5 cm³/mol. The van der Waals surface area contributed by atoms with Gasteiger partial charge in [-0.05, 0) is 26.8 Å². The average molecular weight is 210 g/mol. The van der Waals surface area contributed by atoms with E-state index in [4.69, 9.17) is 0 Å². The lowest BCUT2D eigenvalue weighted by Gasteiger charge is -2.21. The molecule has 0 bridgehead atoms. The van der Waals surface area contributed by atoms with Crippen molar-refractivity contribution in [2.24, 2.45) is 0 Å². The van der Waals surface area contributed by atoms with Gasteiger partial charge in [0.05, 0.1) is 5.60 Å². The zero-order valence-corrected chi connectivity index (χ0v) is 9.27. The Balaban J connectivity index is 2.13. The molecule has 2 N–H and O–H groups in total. The fourth-order valence-corrected chi connectivity index (χ4v) is 2.01. The summed E-state index contributed by atoms with van der Waals surface area (Å²) in [6, 6.07) is 0.292. The van der Waals surface area contributed by atoms with E-state index in [1.807, 2.05) is 4.68 Å². The summed E-state index contributed by atoms with van der Waals surface area (Å²) in [7, 11) is 0. The van der Waals surface area contributed by atoms with Crippen LogP contribution < -0.4 is 5.32 Å². The fourth-order valence-electron chi connectivity index (χ4n) is 2.01. The van der Waals surface area contributed by atoms with Crippen molar-refractivity contribution >= 4 is 0 Å². The van der Waals surface area contributed by atoms with Gasteiger partial charge in [0, 0.05) is 19.0 Å². The monoisotopic (exact) mass is 210 g/mol. The van der Waals surface area contributed by atoms with E-state index in [1.54, 1.807) is 6.33 Å². The average Bonchev–Trinajstić information content (AvgIpc) is 2.75. The first-order valence-electron chi connectivity index (χ1n) is 5.42. The highest BCUT2D eigenvalue weighted by atomic mass is 16.3. The minimum absolute atomic E-state index is 0.292. The van der Waals surface area contributed by atoms with Crippen LogP contribution in [0.5, 0.6) is 0 Å². The number of β-amino-alcohol motifs (C(OH)–C–C–N with tert-alkyl or cyclic N) is 1. The standard InChI is InChI=1S/C10H18N4O/c1-8(2)14-9(12-7-13-14)5-10(15)3-4-11-6-10/h7-8,11,15H,3-6H2,1-2H3. The number of hydrogen-bond donors (Lipinski definition) is 2. The molecule has 1 aromatic rings. The third kappa shape index (κ3) is 2.18. The van der Waals surface area contributed by atoms with Crippen LogP contribution in [-0.2, 0) is 6.42 Å². The summed E-state index contributed by atoms with van der Waals surface area (Å²) in [6.07, 6.45) is 2.93. The minimum atomic E-state index is -0.639. The molecule has 0 amide bonds. The zero-order chi connectivity index (χ0) is 10.9. The highest BCUT2D eigenvalue weighted by Gasteiger charge is 2.33. The summed E-state index contributed by atoms with van der Waals surface area (Å²) in [6.45, 7) is 5.66. The van der Waals surface area contributed by atoms with Gasteiger partial charge in [-0.3, -0.25) is 0 Å². The predicted octanol–water partition coefficient (Wildman–Crippen LogP) is 0.126. The maximum absolute atomic E-state index is 10.2. The Hall–Kier alpha value is -0.940. The smallest absolute Gasteiger partial charge is 0.138 e. The van der Waals surface area contributed by atoms with E-state index in [2.05, 4.69) is 29.2 Å². The second-order valence-electron chi connectivity index (χ2n) is 4.54. The molecule has 1 aromatic heterocycles. The lowest BCUT2D eigenvalue weighted by atomic mass is 9.98. The molecule has 0 radical (unpaired) electrons. The van der Waals surface area contributed by atoms with Gasteiger partial charge in [0.25, 0.3) is 0 Å². The molecule has 1 unspecified atom stereocenters. The number of nitrogens with one attached hydrogen (secondary N) is 1. The van der Waals surface area contributed by atoms with E-state index in [9.17, 15) is 5.11 Å². The molecule has 1 fully saturated rings. The van der Waals surface area contributed by atoms with Crippen molar-refractivity contribution in [3.8, 4) is 0 Å². The molecule has 2 rings (SSSR count). The van der Waals surface area contributed by atoms with Crippen molar-refractivity contribution in [1.29, 1.82) is 0 Å². The Morgan fingerprint density at radius 3 is 3.07 bits per heavy atom. The Labute approximate surface area is 89.5 Å². The van der Waals surface area contributed by atoms with Gasteiger partial charge in [0.1, 0.15) is 12.2 Å². The highest BCUT2D eigenvalue weighted by Crippen LogP contribution is 2.20. The van der Waals surface area contributed by atoms with E-state index < -0.39 is 5.60 Å². The minimum Gasteiger partial charge on any atom is -0.388 e. The van der Waals surface area contributed by atoms with Gasteiger partial charge in [-0.15, -0.1) is 0 Å². The van der Waals surface area contributed by atoms with Crippen molar-refractivity contribution in [3.63, 3.8) is 0 Å². The van der Waals surface area contributed by atoms with Crippen LogP contribution in [0.3, 0.4) is 0 Å². The van der Waals surface area contributed by atoms with Crippen molar-refractivity contribution in [2.45, 2.75) is 38.3 Å². The van der Waals surface area contributed by atoms with E-state index in [-0.39, 0.29) is 0 Å². The van der Waals surface area contributed by atoms with E-state index in [0.717, 1.165) is 18.8 Å². The lowest BCUT2D eigenvalue weighted by Crippen LogP contribution is -2.35. The largest absolute Gasteiger partial charge is 0.388 e. The van der Waals surface area contributed by atoms with Crippen molar-refractivity contribution in [1.82, 2.24) is 20.1 Å². The normalized spacial score (nSPS) is 26.4. The van der Waals surface area contributed by atoms with Gasteiger partial charge in [0.2, 0.25) is 0 Å². The summed E-state index contributed by atoms with van der Waals surface area (Å²) in [5, 5.41) is 17.6. The molecule has 1 saturated heterocycles. The van der Waals surface area contributed by atoms with Crippen LogP contribution in [0.1, 0.15) is 32.1 Å². The number of aliphatic hydroxyl groups is 1. The maximum atomic E-state index is 10.2. The maximum Gasteiger partial charge on any atom is 0.138 e. The van der Waals surface area contributed by atoms with Crippen LogP contribution >= 0.6 is 0 Å². The second kappa shape index (κ2) is 3.90. The molecule has 0 spiro atoms. The van der Waals surface area contributed by atoms with Crippen LogP contribution in [0.15, 0.2) is 6.33 Å². The van der Waals surface area contributed by atoms with Gasteiger partial charge in [-0.2, -0.15) is 5.10 Å². The van der Waals surface area contributed by atoms with Gasteiger partial charge < -0.3 is 10.4 Å². The number of rotatable bonds is 3. The third-order valence-corrected chi connectivity index (χ3v) is 2.84. The lowest BCUT2D eigenvalue weighted by molar-refractivity contribution is 0.0583. The number of nitrogens with zero attached hydrogens (tertiary/aromatic N) is 3. The first-order chi connectivity index (χ1) is 7.11. The first-order valence-corrected chi connectivity index (χ1v) is 5.42. The molecule has 2 heterocycles. The topological polar surface area (TPSA) is 63.0 Å². The molecule has 5 nitrogen and oxygen atoms in total. The Bertz CT molecular complexity index is 328. The third-order valence-electron chi connectivity index (χ3n) is 2.84. The summed E-state index contributed by atoms with van der Waals surface area (Å²) in [4.78, 5) is 4.21.